The van der Waals surface area contributed by atoms with Gasteiger partial charge in [0.1, 0.15) is 0 Å². The summed E-state index contributed by atoms with van der Waals surface area (Å²) in [5, 5.41) is 6.83. The van der Waals surface area contributed by atoms with E-state index in [9.17, 15) is 0 Å². The number of hydrogen-bond acceptors (Lipinski definition) is 2. The molecule has 2 aromatic carbocycles. The van der Waals surface area contributed by atoms with E-state index in [1.165, 1.54) is 28.1 Å². The Hall–Kier alpha value is -2.22. The maximum atomic E-state index is 3.42. The molecule has 0 aromatic heterocycles. The van der Waals surface area contributed by atoms with Crippen molar-refractivity contribution < 1.29 is 0 Å². The van der Waals surface area contributed by atoms with Gasteiger partial charge >= 0.3 is 0 Å². The van der Waals surface area contributed by atoms with Crippen molar-refractivity contribution in [1.29, 1.82) is 0 Å². The molecule has 2 N–H and O–H groups in total. The van der Waals surface area contributed by atoms with Gasteiger partial charge in [-0.2, -0.15) is 0 Å². The van der Waals surface area contributed by atoms with Crippen molar-refractivity contribution in [3.8, 4) is 0 Å². The van der Waals surface area contributed by atoms with E-state index in [0.29, 0.717) is 0 Å². The zero-order chi connectivity index (χ0) is 12.4. The zero-order valence-corrected chi connectivity index (χ0v) is 10.4. The Labute approximate surface area is 107 Å². The summed E-state index contributed by atoms with van der Waals surface area (Å²) in [5.41, 5.74) is 6.10. The summed E-state index contributed by atoms with van der Waals surface area (Å²) < 4.78 is 0. The van der Waals surface area contributed by atoms with E-state index >= 15 is 0 Å². The fraction of sp³-hybridized carbons (Fsp3) is 0.125. The molecule has 1 aliphatic heterocycles. The Balaban J connectivity index is 2.09. The third kappa shape index (κ3) is 1.97. The Kier molecular flexibility index (Phi) is 2.77. The summed E-state index contributed by atoms with van der Waals surface area (Å²) in [6.45, 7) is 2.90. The minimum atomic E-state index is 0.785. The second kappa shape index (κ2) is 4.57. The van der Waals surface area contributed by atoms with Crippen LogP contribution in [0, 0.1) is 6.92 Å². The highest BCUT2D eigenvalue weighted by Gasteiger charge is 2.16. The van der Waals surface area contributed by atoms with Crippen LogP contribution in [0.25, 0.3) is 11.4 Å². The summed E-state index contributed by atoms with van der Waals surface area (Å²) in [7, 11) is 0. The average molecular weight is 236 g/mol. The topological polar surface area (TPSA) is 24.1 Å². The van der Waals surface area contributed by atoms with Gasteiger partial charge < -0.3 is 10.6 Å². The molecule has 0 saturated carbocycles. The molecule has 0 atom stereocenters. The third-order valence-corrected chi connectivity index (χ3v) is 3.15. The molecule has 0 bridgehead atoms. The SMILES string of the molecule is Cc1cccc(C2=C(c3ccccc3)NCN2)c1. The summed E-state index contributed by atoms with van der Waals surface area (Å²) in [6, 6.07) is 19.0. The molecular weight excluding hydrogens is 220 g/mol. The molecule has 18 heavy (non-hydrogen) atoms. The molecule has 2 heteroatoms. The number of benzene rings is 2. The van der Waals surface area contributed by atoms with E-state index in [0.717, 1.165) is 6.67 Å². The van der Waals surface area contributed by atoms with Crippen LogP contribution in [0.1, 0.15) is 16.7 Å². The van der Waals surface area contributed by atoms with Crippen LogP contribution in [0.4, 0.5) is 0 Å². The van der Waals surface area contributed by atoms with Gasteiger partial charge in [-0.25, -0.2) is 0 Å². The maximum absolute atomic E-state index is 3.42. The van der Waals surface area contributed by atoms with Crippen molar-refractivity contribution in [1.82, 2.24) is 10.6 Å². The Bertz CT molecular complexity index is 585. The van der Waals surface area contributed by atoms with Crippen molar-refractivity contribution >= 4 is 11.4 Å². The third-order valence-electron chi connectivity index (χ3n) is 3.15. The molecule has 3 rings (SSSR count). The van der Waals surface area contributed by atoms with Gasteiger partial charge in [0.2, 0.25) is 0 Å². The normalized spacial score (nSPS) is 14.3. The lowest BCUT2D eigenvalue weighted by atomic mass is 10.0. The van der Waals surface area contributed by atoms with Crippen molar-refractivity contribution in [2.24, 2.45) is 0 Å². The molecule has 2 nitrogen and oxygen atoms in total. The van der Waals surface area contributed by atoms with Crippen molar-refractivity contribution in [3.05, 3.63) is 71.3 Å². The fourth-order valence-corrected chi connectivity index (χ4v) is 2.30. The van der Waals surface area contributed by atoms with E-state index in [1.54, 1.807) is 0 Å². The highest BCUT2D eigenvalue weighted by molar-refractivity contribution is 5.90. The number of rotatable bonds is 2. The fourth-order valence-electron chi connectivity index (χ4n) is 2.30. The molecule has 0 amide bonds. The highest BCUT2D eigenvalue weighted by atomic mass is 15.1. The molecule has 90 valence electrons. The molecule has 0 fully saturated rings. The first-order chi connectivity index (χ1) is 8.84. The van der Waals surface area contributed by atoms with Gasteiger partial charge in [0.25, 0.3) is 0 Å². The number of nitrogens with one attached hydrogen (secondary N) is 2. The average Bonchev–Trinajstić information content (AvgIpc) is 2.89. The van der Waals surface area contributed by atoms with Gasteiger partial charge in [-0.05, 0) is 18.6 Å². The molecule has 1 aliphatic rings. The van der Waals surface area contributed by atoms with Gasteiger partial charge in [0.05, 0.1) is 18.1 Å². The van der Waals surface area contributed by atoms with Crippen LogP contribution in [0.15, 0.2) is 54.6 Å². The minimum absolute atomic E-state index is 0.785. The molecule has 1 heterocycles. The van der Waals surface area contributed by atoms with Gasteiger partial charge in [0, 0.05) is 5.56 Å². The Morgan fingerprint density at radius 1 is 0.778 bits per heavy atom. The monoisotopic (exact) mass is 236 g/mol. The van der Waals surface area contributed by atoms with E-state index in [1.807, 2.05) is 6.07 Å². The summed E-state index contributed by atoms with van der Waals surface area (Å²) in [6.07, 6.45) is 0. The standard InChI is InChI=1S/C16H16N2/c1-12-6-5-9-14(10-12)16-15(17-11-18-16)13-7-3-2-4-8-13/h2-10,17-18H,11H2,1H3. The Morgan fingerprint density at radius 2 is 1.44 bits per heavy atom. The van der Waals surface area contributed by atoms with Crippen LogP contribution in [-0.4, -0.2) is 6.67 Å². The van der Waals surface area contributed by atoms with Gasteiger partial charge in [0.15, 0.2) is 0 Å². The summed E-state index contributed by atoms with van der Waals surface area (Å²) in [5.74, 6) is 0. The van der Waals surface area contributed by atoms with E-state index in [-0.39, 0.29) is 0 Å². The molecule has 0 unspecified atom stereocenters. The first-order valence-electron chi connectivity index (χ1n) is 6.19. The van der Waals surface area contributed by atoms with Crippen LogP contribution >= 0.6 is 0 Å². The van der Waals surface area contributed by atoms with Crippen molar-refractivity contribution in [3.63, 3.8) is 0 Å². The molecule has 0 saturated heterocycles. The quantitative estimate of drug-likeness (QED) is 0.837. The van der Waals surface area contributed by atoms with Gasteiger partial charge in [-0.15, -0.1) is 0 Å². The lowest BCUT2D eigenvalue weighted by Crippen LogP contribution is -2.14. The Morgan fingerprint density at radius 3 is 2.17 bits per heavy atom. The largest absolute Gasteiger partial charge is 0.366 e. The van der Waals surface area contributed by atoms with Crippen molar-refractivity contribution in [2.75, 3.05) is 6.67 Å². The highest BCUT2D eigenvalue weighted by Crippen LogP contribution is 2.25. The molecular formula is C16H16N2. The maximum Gasteiger partial charge on any atom is 0.0851 e. The lowest BCUT2D eigenvalue weighted by molar-refractivity contribution is 0.850. The van der Waals surface area contributed by atoms with Crippen LogP contribution in [-0.2, 0) is 0 Å². The second-order valence-corrected chi connectivity index (χ2v) is 4.52. The predicted molar refractivity (Wildman–Crippen MR) is 75.6 cm³/mol. The lowest BCUT2D eigenvalue weighted by Gasteiger charge is -2.08. The summed E-state index contributed by atoms with van der Waals surface area (Å²) >= 11 is 0. The molecule has 0 radical (unpaired) electrons. The minimum Gasteiger partial charge on any atom is -0.366 e. The van der Waals surface area contributed by atoms with Crippen LogP contribution in [0.3, 0.4) is 0 Å². The smallest absolute Gasteiger partial charge is 0.0851 e. The van der Waals surface area contributed by atoms with Gasteiger partial charge in [-0.1, -0.05) is 54.1 Å². The second-order valence-electron chi connectivity index (χ2n) is 4.52. The van der Waals surface area contributed by atoms with E-state index < -0.39 is 0 Å². The first-order valence-corrected chi connectivity index (χ1v) is 6.19. The van der Waals surface area contributed by atoms with Crippen LogP contribution in [0.5, 0.6) is 0 Å². The summed E-state index contributed by atoms with van der Waals surface area (Å²) in [4.78, 5) is 0. The molecule has 0 spiro atoms. The van der Waals surface area contributed by atoms with Crippen molar-refractivity contribution in [2.45, 2.75) is 6.92 Å². The molecule has 0 aliphatic carbocycles. The van der Waals surface area contributed by atoms with Crippen LogP contribution < -0.4 is 10.6 Å². The zero-order valence-electron chi connectivity index (χ0n) is 10.4. The molecule has 2 aromatic rings. The number of hydrogen-bond donors (Lipinski definition) is 2. The van der Waals surface area contributed by atoms with E-state index in [2.05, 4.69) is 66.1 Å². The van der Waals surface area contributed by atoms with E-state index in [4.69, 9.17) is 0 Å². The van der Waals surface area contributed by atoms with Crippen LogP contribution in [0.2, 0.25) is 0 Å². The first kappa shape index (κ1) is 10.9. The number of aryl methyl sites for hydroxylation is 1. The van der Waals surface area contributed by atoms with Gasteiger partial charge in [-0.3, -0.25) is 0 Å². The predicted octanol–water partition coefficient (Wildman–Crippen LogP) is 2.97.